The molecule has 1 aliphatic carbocycles. The van der Waals surface area contributed by atoms with E-state index in [0.29, 0.717) is 0 Å². The predicted octanol–water partition coefficient (Wildman–Crippen LogP) is 2.18. The fourth-order valence-corrected chi connectivity index (χ4v) is 3.80. The standard InChI is InChI=1S/C15H18N2O2S/c1-20-12-7-3-2-6-11(12)17-10-13(18)16-15(14(17)19)8-4-5-9-15/h2-3,6-7H,4-5,8-10H2,1H3,(H,16,18). The molecule has 1 aromatic rings. The van der Waals surface area contributed by atoms with E-state index in [0.717, 1.165) is 36.3 Å². The van der Waals surface area contributed by atoms with Gasteiger partial charge in [0, 0.05) is 4.90 Å². The first-order valence-electron chi connectivity index (χ1n) is 6.92. The molecular weight excluding hydrogens is 272 g/mol. The molecule has 20 heavy (non-hydrogen) atoms. The van der Waals surface area contributed by atoms with Crippen molar-refractivity contribution in [2.75, 3.05) is 17.7 Å². The largest absolute Gasteiger partial charge is 0.340 e. The summed E-state index contributed by atoms with van der Waals surface area (Å²) in [6.45, 7) is 0.123. The molecule has 3 rings (SSSR count). The SMILES string of the molecule is CSc1ccccc1N1CC(=O)NC2(CCCC2)C1=O. The van der Waals surface area contributed by atoms with Gasteiger partial charge < -0.3 is 5.32 Å². The first kappa shape index (κ1) is 13.5. The summed E-state index contributed by atoms with van der Waals surface area (Å²) in [5.41, 5.74) is 0.201. The molecule has 106 valence electrons. The molecule has 0 unspecified atom stereocenters. The van der Waals surface area contributed by atoms with E-state index in [-0.39, 0.29) is 18.4 Å². The van der Waals surface area contributed by atoms with E-state index < -0.39 is 5.54 Å². The van der Waals surface area contributed by atoms with Crippen molar-refractivity contribution in [3.63, 3.8) is 0 Å². The molecule has 2 aliphatic rings. The molecule has 2 fully saturated rings. The fraction of sp³-hybridized carbons (Fsp3) is 0.467. The number of thioether (sulfide) groups is 1. The van der Waals surface area contributed by atoms with Gasteiger partial charge in [-0.15, -0.1) is 11.8 Å². The summed E-state index contributed by atoms with van der Waals surface area (Å²) < 4.78 is 0. The van der Waals surface area contributed by atoms with Gasteiger partial charge in [0.05, 0.1) is 5.69 Å². The number of hydrogen-bond acceptors (Lipinski definition) is 3. The number of rotatable bonds is 2. The zero-order valence-electron chi connectivity index (χ0n) is 11.5. The fourth-order valence-electron chi connectivity index (χ4n) is 3.20. The van der Waals surface area contributed by atoms with Gasteiger partial charge in [-0.05, 0) is 31.2 Å². The van der Waals surface area contributed by atoms with Crippen molar-refractivity contribution in [1.82, 2.24) is 5.32 Å². The van der Waals surface area contributed by atoms with E-state index in [1.54, 1.807) is 16.7 Å². The van der Waals surface area contributed by atoms with Crippen LogP contribution in [-0.2, 0) is 9.59 Å². The van der Waals surface area contributed by atoms with E-state index in [4.69, 9.17) is 0 Å². The molecule has 0 bridgehead atoms. The predicted molar refractivity (Wildman–Crippen MR) is 79.9 cm³/mol. The van der Waals surface area contributed by atoms with Gasteiger partial charge in [0.2, 0.25) is 5.91 Å². The average molecular weight is 290 g/mol. The van der Waals surface area contributed by atoms with Crippen LogP contribution >= 0.6 is 11.8 Å². The Bertz CT molecular complexity index is 553. The van der Waals surface area contributed by atoms with Crippen LogP contribution in [0.3, 0.4) is 0 Å². The van der Waals surface area contributed by atoms with Gasteiger partial charge >= 0.3 is 0 Å². The zero-order chi connectivity index (χ0) is 14.2. The maximum Gasteiger partial charge on any atom is 0.253 e. The van der Waals surface area contributed by atoms with Gasteiger partial charge in [-0.1, -0.05) is 25.0 Å². The summed E-state index contributed by atoms with van der Waals surface area (Å²) >= 11 is 1.60. The first-order chi connectivity index (χ1) is 9.66. The van der Waals surface area contributed by atoms with Crippen LogP contribution in [-0.4, -0.2) is 30.2 Å². The van der Waals surface area contributed by atoms with E-state index in [1.807, 2.05) is 30.5 Å². The summed E-state index contributed by atoms with van der Waals surface area (Å²) in [4.78, 5) is 27.6. The Labute approximate surface area is 122 Å². The number of piperazine rings is 1. The highest BCUT2D eigenvalue weighted by Crippen LogP contribution is 2.37. The summed E-state index contributed by atoms with van der Waals surface area (Å²) in [5, 5.41) is 2.94. The van der Waals surface area contributed by atoms with Gasteiger partial charge in [0.25, 0.3) is 5.91 Å². The summed E-state index contributed by atoms with van der Waals surface area (Å²) in [6, 6.07) is 7.78. The Balaban J connectivity index is 2.00. The first-order valence-corrected chi connectivity index (χ1v) is 8.15. The average Bonchev–Trinajstić information content (AvgIpc) is 2.92. The highest BCUT2D eigenvalue weighted by molar-refractivity contribution is 7.98. The molecule has 1 saturated heterocycles. The second kappa shape index (κ2) is 5.13. The third-order valence-corrected chi connectivity index (χ3v) is 4.95. The number of amides is 2. The molecule has 0 aromatic heterocycles. The number of nitrogens with zero attached hydrogens (tertiary/aromatic N) is 1. The van der Waals surface area contributed by atoms with Crippen molar-refractivity contribution >= 4 is 29.3 Å². The minimum absolute atomic E-state index is 0.0519. The number of nitrogens with one attached hydrogen (secondary N) is 1. The molecule has 1 spiro atoms. The highest BCUT2D eigenvalue weighted by atomic mass is 32.2. The van der Waals surface area contributed by atoms with E-state index in [9.17, 15) is 9.59 Å². The highest BCUT2D eigenvalue weighted by Gasteiger charge is 2.48. The van der Waals surface area contributed by atoms with Crippen LogP contribution in [0, 0.1) is 0 Å². The Morgan fingerprint density at radius 1 is 1.20 bits per heavy atom. The van der Waals surface area contributed by atoms with Gasteiger partial charge in [0.1, 0.15) is 12.1 Å². The molecule has 5 heteroatoms. The van der Waals surface area contributed by atoms with Crippen LogP contribution in [0.5, 0.6) is 0 Å². The molecule has 1 aliphatic heterocycles. The number of benzene rings is 1. The smallest absolute Gasteiger partial charge is 0.253 e. The van der Waals surface area contributed by atoms with Crippen molar-refractivity contribution in [3.05, 3.63) is 24.3 Å². The number of para-hydroxylation sites is 1. The molecule has 2 amide bonds. The lowest BCUT2D eigenvalue weighted by molar-refractivity contribution is -0.135. The monoisotopic (exact) mass is 290 g/mol. The number of carbonyl (C=O) groups is 2. The molecule has 1 aromatic carbocycles. The second-order valence-corrected chi connectivity index (χ2v) is 6.25. The lowest BCUT2D eigenvalue weighted by Gasteiger charge is -2.40. The molecule has 0 atom stereocenters. The maximum absolute atomic E-state index is 12.9. The minimum atomic E-state index is -0.652. The zero-order valence-corrected chi connectivity index (χ0v) is 12.3. The number of carbonyl (C=O) groups excluding carboxylic acids is 2. The molecule has 4 nitrogen and oxygen atoms in total. The summed E-state index contributed by atoms with van der Waals surface area (Å²) in [6.07, 6.45) is 5.51. The summed E-state index contributed by atoms with van der Waals surface area (Å²) in [7, 11) is 0. The van der Waals surface area contributed by atoms with Crippen LogP contribution in [0.25, 0.3) is 0 Å². The van der Waals surface area contributed by atoms with Crippen LogP contribution in [0.1, 0.15) is 25.7 Å². The molecular formula is C15H18N2O2S. The molecule has 1 saturated carbocycles. The molecule has 0 radical (unpaired) electrons. The van der Waals surface area contributed by atoms with E-state index in [1.165, 1.54) is 0 Å². The quantitative estimate of drug-likeness (QED) is 0.849. The Morgan fingerprint density at radius 3 is 2.60 bits per heavy atom. The van der Waals surface area contributed by atoms with Crippen LogP contribution in [0.4, 0.5) is 5.69 Å². The Hall–Kier alpha value is -1.49. The van der Waals surface area contributed by atoms with Crippen LogP contribution in [0.2, 0.25) is 0 Å². The lowest BCUT2D eigenvalue weighted by Crippen LogP contribution is -2.65. The lowest BCUT2D eigenvalue weighted by atomic mass is 9.92. The van der Waals surface area contributed by atoms with Crippen molar-refractivity contribution in [2.24, 2.45) is 0 Å². The maximum atomic E-state index is 12.9. The topological polar surface area (TPSA) is 49.4 Å². The third kappa shape index (κ3) is 2.10. The molecule has 1 heterocycles. The van der Waals surface area contributed by atoms with Crippen LogP contribution < -0.4 is 10.2 Å². The van der Waals surface area contributed by atoms with Crippen molar-refractivity contribution in [2.45, 2.75) is 36.1 Å². The van der Waals surface area contributed by atoms with Crippen molar-refractivity contribution in [3.8, 4) is 0 Å². The van der Waals surface area contributed by atoms with Gasteiger partial charge in [-0.2, -0.15) is 0 Å². The normalized spacial score (nSPS) is 21.4. The van der Waals surface area contributed by atoms with Crippen molar-refractivity contribution < 1.29 is 9.59 Å². The van der Waals surface area contributed by atoms with Gasteiger partial charge in [-0.3, -0.25) is 14.5 Å². The number of anilines is 1. The van der Waals surface area contributed by atoms with Crippen molar-refractivity contribution in [1.29, 1.82) is 0 Å². The van der Waals surface area contributed by atoms with Crippen LogP contribution in [0.15, 0.2) is 29.2 Å². The minimum Gasteiger partial charge on any atom is -0.340 e. The third-order valence-electron chi connectivity index (χ3n) is 4.17. The summed E-state index contributed by atoms with van der Waals surface area (Å²) in [5.74, 6) is -0.00138. The Morgan fingerprint density at radius 2 is 1.90 bits per heavy atom. The molecule has 1 N–H and O–H groups in total. The van der Waals surface area contributed by atoms with Gasteiger partial charge in [0.15, 0.2) is 0 Å². The van der Waals surface area contributed by atoms with E-state index in [2.05, 4.69) is 5.32 Å². The second-order valence-electron chi connectivity index (χ2n) is 5.40. The number of hydrogen-bond donors (Lipinski definition) is 1. The van der Waals surface area contributed by atoms with Gasteiger partial charge in [-0.25, -0.2) is 0 Å². The Kier molecular flexibility index (Phi) is 3.46. The van der Waals surface area contributed by atoms with E-state index >= 15 is 0 Å².